The van der Waals surface area contributed by atoms with Gasteiger partial charge in [0, 0.05) is 11.6 Å². The largest absolute Gasteiger partial charge is 0.435 e. The number of aromatic nitrogens is 1. The van der Waals surface area contributed by atoms with Crippen LogP contribution >= 0.6 is 23.2 Å². The number of hydrogen-bond donors (Lipinski definition) is 0. The maximum Gasteiger partial charge on any atom is 0.288 e. The molecule has 1 aromatic heterocycles. The van der Waals surface area contributed by atoms with E-state index in [1.54, 1.807) is 12.3 Å². The van der Waals surface area contributed by atoms with Crippen LogP contribution in [0.4, 0.5) is 5.69 Å². The lowest BCUT2D eigenvalue weighted by Crippen LogP contribution is -1.89. The van der Waals surface area contributed by atoms with Crippen molar-refractivity contribution in [1.82, 2.24) is 4.98 Å². The van der Waals surface area contributed by atoms with Gasteiger partial charge in [-0.25, -0.2) is 4.98 Å². The van der Waals surface area contributed by atoms with Crippen molar-refractivity contribution in [3.05, 3.63) is 81.3 Å². The molecule has 0 aliphatic rings. The standard InChI is InChI=1S/C17H10Cl2N2O3/c18-13-7-6-11(9-15(13)21(22)23)8-14(19)17-20-10-16(24-17)12-4-2-1-3-5-12/h1-10H/b14-8-. The molecule has 2 aromatic carbocycles. The second-order valence-electron chi connectivity index (χ2n) is 4.86. The molecule has 0 saturated heterocycles. The number of rotatable bonds is 4. The summed E-state index contributed by atoms with van der Waals surface area (Å²) >= 11 is 12.0. The van der Waals surface area contributed by atoms with Crippen LogP contribution in [0.15, 0.2) is 59.1 Å². The molecule has 0 radical (unpaired) electrons. The second-order valence-corrected chi connectivity index (χ2v) is 5.67. The molecule has 5 nitrogen and oxygen atoms in total. The SMILES string of the molecule is O=[N+]([O-])c1cc(/C=C(\Cl)c2ncc(-c3ccccc3)o2)ccc1Cl. The number of benzene rings is 2. The van der Waals surface area contributed by atoms with Crippen LogP contribution in [0.1, 0.15) is 11.5 Å². The van der Waals surface area contributed by atoms with Crippen molar-refractivity contribution in [1.29, 1.82) is 0 Å². The van der Waals surface area contributed by atoms with Crippen LogP contribution < -0.4 is 0 Å². The van der Waals surface area contributed by atoms with E-state index >= 15 is 0 Å². The number of nitro benzene ring substituents is 1. The zero-order valence-electron chi connectivity index (χ0n) is 12.1. The Labute approximate surface area is 147 Å². The van der Waals surface area contributed by atoms with Gasteiger partial charge in [0.2, 0.25) is 5.89 Å². The van der Waals surface area contributed by atoms with E-state index in [-0.39, 0.29) is 21.6 Å². The first-order valence-electron chi connectivity index (χ1n) is 6.87. The Balaban J connectivity index is 1.91. The Morgan fingerprint density at radius 2 is 1.96 bits per heavy atom. The van der Waals surface area contributed by atoms with E-state index < -0.39 is 4.92 Å². The minimum Gasteiger partial charge on any atom is -0.435 e. The summed E-state index contributed by atoms with van der Waals surface area (Å²) in [5, 5.41) is 11.2. The summed E-state index contributed by atoms with van der Waals surface area (Å²) in [6.07, 6.45) is 3.11. The third-order valence-electron chi connectivity index (χ3n) is 3.23. The number of nitro groups is 1. The molecule has 0 aliphatic heterocycles. The Morgan fingerprint density at radius 3 is 2.67 bits per heavy atom. The Kier molecular flexibility index (Phi) is 4.64. The Bertz CT molecular complexity index is 921. The number of oxazole rings is 1. The highest BCUT2D eigenvalue weighted by Gasteiger charge is 2.13. The van der Waals surface area contributed by atoms with Crippen molar-refractivity contribution in [2.45, 2.75) is 0 Å². The smallest absolute Gasteiger partial charge is 0.288 e. The normalized spacial score (nSPS) is 11.5. The zero-order chi connectivity index (χ0) is 17.1. The third kappa shape index (κ3) is 3.48. The average Bonchev–Trinajstić information content (AvgIpc) is 3.07. The fourth-order valence-corrected chi connectivity index (χ4v) is 2.49. The average molecular weight is 361 g/mol. The lowest BCUT2D eigenvalue weighted by Gasteiger charge is -1.99. The predicted octanol–water partition coefficient (Wildman–Crippen LogP) is 5.64. The summed E-state index contributed by atoms with van der Waals surface area (Å²) in [5.41, 5.74) is 1.21. The number of halogens is 2. The van der Waals surface area contributed by atoms with Crippen LogP contribution in [0, 0.1) is 10.1 Å². The van der Waals surface area contributed by atoms with E-state index in [0.717, 1.165) is 5.56 Å². The van der Waals surface area contributed by atoms with Crippen LogP contribution in [0.25, 0.3) is 22.4 Å². The molecule has 0 N–H and O–H groups in total. The molecule has 0 saturated carbocycles. The van der Waals surface area contributed by atoms with Crippen LogP contribution in [0.2, 0.25) is 5.02 Å². The van der Waals surface area contributed by atoms with Crippen molar-refractivity contribution in [2.24, 2.45) is 0 Å². The minimum atomic E-state index is -0.549. The van der Waals surface area contributed by atoms with Crippen LogP contribution in [0.5, 0.6) is 0 Å². The van der Waals surface area contributed by atoms with Gasteiger partial charge in [0.1, 0.15) is 10.1 Å². The molecular weight excluding hydrogens is 351 g/mol. The zero-order valence-corrected chi connectivity index (χ0v) is 13.7. The fraction of sp³-hybridized carbons (Fsp3) is 0. The molecule has 0 amide bonds. The van der Waals surface area contributed by atoms with Gasteiger partial charge in [-0.05, 0) is 17.7 Å². The Hall–Kier alpha value is -2.63. The first-order valence-corrected chi connectivity index (χ1v) is 7.63. The minimum absolute atomic E-state index is 0.0655. The van der Waals surface area contributed by atoms with Crippen molar-refractivity contribution in [3.63, 3.8) is 0 Å². The van der Waals surface area contributed by atoms with E-state index in [0.29, 0.717) is 11.3 Å². The van der Waals surface area contributed by atoms with Gasteiger partial charge in [-0.3, -0.25) is 10.1 Å². The third-order valence-corrected chi connectivity index (χ3v) is 3.82. The highest BCUT2D eigenvalue weighted by Crippen LogP contribution is 2.30. The summed E-state index contributed by atoms with van der Waals surface area (Å²) < 4.78 is 5.63. The lowest BCUT2D eigenvalue weighted by molar-refractivity contribution is -0.384. The van der Waals surface area contributed by atoms with Gasteiger partial charge in [0.25, 0.3) is 5.69 Å². The summed E-state index contributed by atoms with van der Waals surface area (Å²) in [6, 6.07) is 13.9. The molecule has 0 bridgehead atoms. The van der Waals surface area contributed by atoms with Gasteiger partial charge in [-0.1, -0.05) is 59.6 Å². The maximum atomic E-state index is 10.9. The molecule has 0 unspecified atom stereocenters. The van der Waals surface area contributed by atoms with Crippen molar-refractivity contribution >= 4 is 40.0 Å². The first-order chi connectivity index (χ1) is 11.5. The second kappa shape index (κ2) is 6.86. The summed E-state index contributed by atoms with van der Waals surface area (Å²) in [5.74, 6) is 0.812. The molecule has 120 valence electrons. The molecule has 0 aliphatic carbocycles. The molecule has 0 fully saturated rings. The number of hydrogen-bond acceptors (Lipinski definition) is 4. The summed E-state index contributed by atoms with van der Waals surface area (Å²) in [7, 11) is 0. The molecule has 24 heavy (non-hydrogen) atoms. The molecule has 0 spiro atoms. The number of nitrogens with zero attached hydrogens (tertiary/aromatic N) is 2. The first kappa shape index (κ1) is 16.2. The van der Waals surface area contributed by atoms with Crippen LogP contribution in [-0.4, -0.2) is 9.91 Å². The maximum absolute atomic E-state index is 10.9. The van der Waals surface area contributed by atoms with Gasteiger partial charge in [0.15, 0.2) is 5.76 Å². The molecular formula is C17H10Cl2N2O3. The van der Waals surface area contributed by atoms with Gasteiger partial charge >= 0.3 is 0 Å². The fourth-order valence-electron chi connectivity index (χ4n) is 2.09. The van der Waals surface area contributed by atoms with Gasteiger partial charge in [-0.2, -0.15) is 0 Å². The van der Waals surface area contributed by atoms with Crippen LogP contribution in [0.3, 0.4) is 0 Å². The molecule has 3 aromatic rings. The summed E-state index contributed by atoms with van der Waals surface area (Å²) in [6.45, 7) is 0. The molecule has 7 heteroatoms. The van der Waals surface area contributed by atoms with E-state index in [4.69, 9.17) is 27.6 Å². The van der Waals surface area contributed by atoms with Gasteiger partial charge < -0.3 is 4.42 Å². The van der Waals surface area contributed by atoms with Crippen molar-refractivity contribution < 1.29 is 9.34 Å². The molecule has 1 heterocycles. The van der Waals surface area contributed by atoms with Gasteiger partial charge in [0.05, 0.1) is 11.1 Å². The summed E-state index contributed by atoms with van der Waals surface area (Å²) in [4.78, 5) is 14.5. The quantitative estimate of drug-likeness (QED) is 0.445. The van der Waals surface area contributed by atoms with E-state index in [9.17, 15) is 10.1 Å². The van der Waals surface area contributed by atoms with E-state index in [1.807, 2.05) is 30.3 Å². The van der Waals surface area contributed by atoms with E-state index in [2.05, 4.69) is 4.98 Å². The predicted molar refractivity (Wildman–Crippen MR) is 93.8 cm³/mol. The molecule has 3 rings (SSSR count). The monoisotopic (exact) mass is 360 g/mol. The molecule has 0 atom stereocenters. The topological polar surface area (TPSA) is 69.2 Å². The van der Waals surface area contributed by atoms with E-state index in [1.165, 1.54) is 18.2 Å². The highest BCUT2D eigenvalue weighted by molar-refractivity contribution is 6.50. The highest BCUT2D eigenvalue weighted by atomic mass is 35.5. The van der Waals surface area contributed by atoms with Gasteiger partial charge in [-0.15, -0.1) is 0 Å². The van der Waals surface area contributed by atoms with Crippen molar-refractivity contribution in [3.8, 4) is 11.3 Å². The van der Waals surface area contributed by atoms with Crippen molar-refractivity contribution in [2.75, 3.05) is 0 Å². The Morgan fingerprint density at radius 1 is 1.21 bits per heavy atom. The van der Waals surface area contributed by atoms with Crippen LogP contribution in [-0.2, 0) is 0 Å². The lowest BCUT2D eigenvalue weighted by atomic mass is 10.2.